The van der Waals surface area contributed by atoms with Crippen molar-refractivity contribution in [2.45, 2.75) is 464 Å². The molecule has 0 aromatic heterocycles. The van der Waals surface area contributed by atoms with Gasteiger partial charge in [-0.15, -0.1) is 0 Å². The quantitative estimate of drug-likeness (QED) is 0.0222. The molecule has 3 N–H and O–H groups in total. The van der Waals surface area contributed by atoms with Crippen molar-refractivity contribution in [1.29, 1.82) is 0 Å². The molecule has 0 saturated carbocycles. The molecule has 612 valence electrons. The summed E-state index contributed by atoms with van der Waals surface area (Å²) >= 11 is 0. The molecule has 0 aliphatic rings. The van der Waals surface area contributed by atoms with E-state index in [1.807, 2.05) is 0 Å². The van der Waals surface area contributed by atoms with Gasteiger partial charge in [-0.05, 0) is 37.5 Å². The molecular weight excluding hydrogens is 1340 g/mol. The molecule has 0 aromatic rings. The lowest BCUT2D eigenvalue weighted by Gasteiger charge is -2.21. The highest BCUT2D eigenvalue weighted by atomic mass is 31.2. The predicted octanol–water partition coefficient (Wildman–Crippen LogP) is 25.5. The van der Waals surface area contributed by atoms with E-state index in [0.717, 1.165) is 102 Å². The van der Waals surface area contributed by atoms with Crippen molar-refractivity contribution in [2.75, 3.05) is 39.6 Å². The zero-order chi connectivity index (χ0) is 75.6. The molecule has 0 radical (unpaired) electrons. The Hall–Kier alpha value is -1.94. The van der Waals surface area contributed by atoms with Gasteiger partial charge in [0.25, 0.3) is 0 Å². The molecule has 5 atom stereocenters. The Bertz CT molecular complexity index is 1980. The molecule has 17 nitrogen and oxygen atoms in total. The topological polar surface area (TPSA) is 237 Å². The molecule has 0 aromatic carbocycles. The van der Waals surface area contributed by atoms with E-state index >= 15 is 0 Å². The van der Waals surface area contributed by atoms with Gasteiger partial charge in [0.05, 0.1) is 26.4 Å². The molecule has 0 rings (SSSR count). The van der Waals surface area contributed by atoms with Gasteiger partial charge in [-0.2, -0.15) is 0 Å². The number of aliphatic hydroxyl groups is 1. The van der Waals surface area contributed by atoms with Crippen LogP contribution in [0.5, 0.6) is 0 Å². The first-order valence-electron chi connectivity index (χ1n) is 43.5. The average molecular weight is 1510 g/mol. The van der Waals surface area contributed by atoms with Crippen LogP contribution in [0.25, 0.3) is 0 Å². The van der Waals surface area contributed by atoms with Gasteiger partial charge < -0.3 is 33.8 Å². The minimum atomic E-state index is -4.96. The third-order valence-electron chi connectivity index (χ3n) is 19.7. The Balaban J connectivity index is 5.23. The fourth-order valence-corrected chi connectivity index (χ4v) is 14.6. The van der Waals surface area contributed by atoms with Gasteiger partial charge in [0.2, 0.25) is 0 Å². The Morgan fingerprint density at radius 3 is 0.660 bits per heavy atom. The minimum absolute atomic E-state index is 0.106. The largest absolute Gasteiger partial charge is 0.472 e. The molecule has 0 bridgehead atoms. The van der Waals surface area contributed by atoms with Gasteiger partial charge in [0, 0.05) is 25.7 Å². The first-order valence-corrected chi connectivity index (χ1v) is 46.5. The van der Waals surface area contributed by atoms with Crippen molar-refractivity contribution in [3.05, 3.63) is 0 Å². The molecule has 2 unspecified atom stereocenters. The van der Waals surface area contributed by atoms with Crippen LogP contribution in [0.3, 0.4) is 0 Å². The van der Waals surface area contributed by atoms with Crippen LogP contribution in [0.15, 0.2) is 0 Å². The molecule has 0 saturated heterocycles. The summed E-state index contributed by atoms with van der Waals surface area (Å²) in [6.45, 7) is 9.64. The van der Waals surface area contributed by atoms with Crippen LogP contribution in [0.4, 0.5) is 0 Å². The number of hydrogen-bond acceptors (Lipinski definition) is 15. The normalized spacial score (nSPS) is 13.9. The molecule has 0 heterocycles. The summed E-state index contributed by atoms with van der Waals surface area (Å²) in [6.07, 6.45) is 66.7. The summed E-state index contributed by atoms with van der Waals surface area (Å²) in [7, 11) is -9.92. The first kappa shape index (κ1) is 101. The van der Waals surface area contributed by atoms with Gasteiger partial charge in [-0.25, -0.2) is 9.13 Å². The third kappa shape index (κ3) is 78.0. The first-order chi connectivity index (χ1) is 49.9. The van der Waals surface area contributed by atoms with Gasteiger partial charge in [0.15, 0.2) is 12.2 Å². The number of aliphatic hydroxyl groups excluding tert-OH is 1. The van der Waals surface area contributed by atoms with Crippen molar-refractivity contribution >= 4 is 39.5 Å². The monoisotopic (exact) mass is 1510 g/mol. The lowest BCUT2D eigenvalue weighted by atomic mass is 10.0. The molecule has 0 aliphatic heterocycles. The third-order valence-corrected chi connectivity index (χ3v) is 21.6. The number of rotatable bonds is 83. The highest BCUT2D eigenvalue weighted by molar-refractivity contribution is 7.47. The van der Waals surface area contributed by atoms with E-state index in [-0.39, 0.29) is 25.7 Å². The Kier molecular flexibility index (Phi) is 74.1. The summed E-state index contributed by atoms with van der Waals surface area (Å²) in [5, 5.41) is 10.7. The zero-order valence-electron chi connectivity index (χ0n) is 67.6. The van der Waals surface area contributed by atoms with Crippen molar-refractivity contribution in [2.24, 2.45) is 11.8 Å². The lowest BCUT2D eigenvalue weighted by molar-refractivity contribution is -0.161. The van der Waals surface area contributed by atoms with Crippen LogP contribution in [-0.4, -0.2) is 96.7 Å². The number of hydrogen-bond donors (Lipinski definition) is 3. The van der Waals surface area contributed by atoms with Crippen LogP contribution >= 0.6 is 15.6 Å². The van der Waals surface area contributed by atoms with E-state index in [4.69, 9.17) is 37.0 Å². The number of carbonyl (C=O) groups excluding carboxylic acids is 4. The fourth-order valence-electron chi connectivity index (χ4n) is 13.1. The molecule has 0 aliphatic carbocycles. The second-order valence-corrected chi connectivity index (χ2v) is 34.1. The summed E-state index contributed by atoms with van der Waals surface area (Å²) in [5.74, 6) is -0.595. The Morgan fingerprint density at radius 2 is 0.447 bits per heavy atom. The number of unbranched alkanes of at least 4 members (excludes halogenated alkanes) is 53. The van der Waals surface area contributed by atoms with E-state index < -0.39 is 97.5 Å². The highest BCUT2D eigenvalue weighted by Crippen LogP contribution is 2.45. The summed E-state index contributed by atoms with van der Waals surface area (Å²) in [5.41, 5.74) is 0. The Labute approximate surface area is 632 Å². The van der Waals surface area contributed by atoms with Crippen LogP contribution < -0.4 is 0 Å². The van der Waals surface area contributed by atoms with Gasteiger partial charge in [-0.3, -0.25) is 37.3 Å². The summed E-state index contributed by atoms with van der Waals surface area (Å²) in [6, 6.07) is 0. The number of phosphoric ester groups is 2. The van der Waals surface area contributed by atoms with Crippen molar-refractivity contribution in [3.63, 3.8) is 0 Å². The predicted molar refractivity (Wildman–Crippen MR) is 423 cm³/mol. The van der Waals surface area contributed by atoms with Gasteiger partial charge >= 0.3 is 39.5 Å². The van der Waals surface area contributed by atoms with Crippen molar-refractivity contribution < 1.29 is 80.2 Å². The standard InChI is InChI=1S/C84H164O17P2/c1-7-9-11-13-15-17-19-21-23-24-25-26-27-28-29-31-33-35-44-50-56-62-68-83(88)100-79(72-94-81(86)66-60-54-48-42-34-32-30-22-20-18-16-14-12-10-8-2)74-98-102(90,91)96-70-78(85)71-97-103(92,93)99-75-80(101-84(89)69-63-57-51-45-39-37-41-47-53-59-65-77(5)6)73-95-82(87)67-61-55-49-43-38-36-40-46-52-58-64-76(3)4/h76-80,85H,7-75H2,1-6H3,(H,90,91)(H,92,93)/t78-,79-,80-/m1/s1. The van der Waals surface area contributed by atoms with E-state index in [9.17, 15) is 43.2 Å². The van der Waals surface area contributed by atoms with Gasteiger partial charge in [0.1, 0.15) is 19.3 Å². The van der Waals surface area contributed by atoms with Crippen LogP contribution in [-0.2, 0) is 65.4 Å². The second kappa shape index (κ2) is 75.5. The fraction of sp³-hybridized carbons (Fsp3) is 0.952. The molecule has 103 heavy (non-hydrogen) atoms. The maximum absolute atomic E-state index is 13.1. The maximum Gasteiger partial charge on any atom is 0.472 e. The Morgan fingerprint density at radius 1 is 0.262 bits per heavy atom. The number of ether oxygens (including phenoxy) is 4. The summed E-state index contributed by atoms with van der Waals surface area (Å²) < 4.78 is 68.8. The van der Waals surface area contributed by atoms with Gasteiger partial charge in [-0.1, -0.05) is 395 Å². The molecular formula is C84H164O17P2. The van der Waals surface area contributed by atoms with Crippen molar-refractivity contribution in [3.8, 4) is 0 Å². The van der Waals surface area contributed by atoms with Crippen molar-refractivity contribution in [1.82, 2.24) is 0 Å². The number of esters is 4. The zero-order valence-corrected chi connectivity index (χ0v) is 69.4. The molecule has 0 spiro atoms. The minimum Gasteiger partial charge on any atom is -0.462 e. The van der Waals surface area contributed by atoms with E-state index in [0.29, 0.717) is 25.7 Å². The smallest absolute Gasteiger partial charge is 0.462 e. The molecule has 19 heteroatoms. The van der Waals surface area contributed by atoms with Crippen LogP contribution in [0.1, 0.15) is 446 Å². The SMILES string of the molecule is CCCCCCCCCCCCCCCCCCCCCCCCC(=O)O[C@H](COC(=O)CCCCCCCCCCCCCCCCC)COP(=O)(O)OC[C@@H](O)COP(=O)(O)OC[C@@H](COC(=O)CCCCCCCCCCCCC(C)C)OC(=O)CCCCCCCCCCCCC(C)C. The number of phosphoric acid groups is 2. The average Bonchev–Trinajstić information content (AvgIpc) is 0.948. The lowest BCUT2D eigenvalue weighted by Crippen LogP contribution is -2.30. The molecule has 0 amide bonds. The summed E-state index contributed by atoms with van der Waals surface area (Å²) in [4.78, 5) is 73.1. The second-order valence-electron chi connectivity index (χ2n) is 31.2. The van der Waals surface area contributed by atoms with E-state index in [1.165, 1.54) is 263 Å². The molecule has 0 fully saturated rings. The number of carbonyl (C=O) groups is 4. The van der Waals surface area contributed by atoms with E-state index in [1.54, 1.807) is 0 Å². The van der Waals surface area contributed by atoms with E-state index in [2.05, 4.69) is 41.5 Å². The maximum atomic E-state index is 13.1. The highest BCUT2D eigenvalue weighted by Gasteiger charge is 2.30. The van der Waals surface area contributed by atoms with Crippen LogP contribution in [0.2, 0.25) is 0 Å². The van der Waals surface area contributed by atoms with Crippen LogP contribution in [0, 0.1) is 11.8 Å².